The fraction of sp³-hybridized carbons (Fsp3) is 0.375. The molecule has 0 unspecified atom stereocenters. The molecule has 5 nitrogen and oxygen atoms in total. The van der Waals surface area contributed by atoms with E-state index in [1.165, 1.54) is 6.33 Å². The normalized spacial score (nSPS) is 9.79. The number of hydrogen-bond donors (Lipinski definition) is 2. The molecule has 1 heterocycles. The third kappa shape index (κ3) is 3.69. The van der Waals surface area contributed by atoms with Gasteiger partial charge < -0.3 is 10.4 Å². The minimum absolute atomic E-state index is 0.162. The molecule has 0 fully saturated rings. The van der Waals surface area contributed by atoms with Crippen LogP contribution in [-0.4, -0.2) is 27.6 Å². The molecule has 0 aliphatic carbocycles. The number of carbonyl (C=O) groups is 1. The number of carboxylic acid groups (broad SMARTS) is 1. The smallest absolute Gasteiger partial charge is 0.303 e. The quantitative estimate of drug-likeness (QED) is 0.785. The van der Waals surface area contributed by atoms with Crippen molar-refractivity contribution in [2.24, 2.45) is 0 Å². The number of aromatic nitrogens is 2. The molecule has 0 amide bonds. The molecule has 0 saturated heterocycles. The van der Waals surface area contributed by atoms with Crippen LogP contribution in [0.3, 0.4) is 0 Å². The van der Waals surface area contributed by atoms with Crippen molar-refractivity contribution in [1.82, 2.24) is 9.97 Å². The van der Waals surface area contributed by atoms with E-state index in [0.29, 0.717) is 18.8 Å². The summed E-state index contributed by atoms with van der Waals surface area (Å²) in [6, 6.07) is 0. The van der Waals surface area contributed by atoms with E-state index >= 15 is 0 Å². The van der Waals surface area contributed by atoms with Crippen molar-refractivity contribution in [2.75, 3.05) is 11.9 Å². The predicted octanol–water partition coefficient (Wildman–Crippen LogP) is 1.52. The van der Waals surface area contributed by atoms with Crippen molar-refractivity contribution >= 4 is 27.7 Å². The van der Waals surface area contributed by atoms with Crippen molar-refractivity contribution in [3.05, 3.63) is 17.0 Å². The Hall–Kier alpha value is -1.17. The second-order valence-corrected chi connectivity index (χ2v) is 3.50. The average molecular weight is 260 g/mol. The number of nitrogens with zero attached hydrogens (tertiary/aromatic N) is 2. The number of nitrogens with one attached hydrogen (secondary N) is 1. The zero-order valence-corrected chi connectivity index (χ0v) is 8.99. The molecule has 14 heavy (non-hydrogen) atoms. The SMILES string of the molecule is O=C(O)CCCNc1ncncc1Br. The van der Waals surface area contributed by atoms with Crippen LogP contribution in [0.1, 0.15) is 12.8 Å². The topological polar surface area (TPSA) is 75.1 Å². The Morgan fingerprint density at radius 2 is 2.43 bits per heavy atom. The minimum atomic E-state index is -0.784. The Morgan fingerprint density at radius 3 is 3.07 bits per heavy atom. The summed E-state index contributed by atoms with van der Waals surface area (Å²) in [5.74, 6) is -0.0982. The minimum Gasteiger partial charge on any atom is -0.481 e. The lowest BCUT2D eigenvalue weighted by molar-refractivity contribution is -0.137. The summed E-state index contributed by atoms with van der Waals surface area (Å²) in [5, 5.41) is 11.4. The second kappa shape index (κ2) is 5.54. The lowest BCUT2D eigenvalue weighted by Gasteiger charge is -2.04. The molecule has 0 atom stereocenters. The average Bonchev–Trinajstić information content (AvgIpc) is 2.15. The van der Waals surface area contributed by atoms with Gasteiger partial charge in [0.25, 0.3) is 0 Å². The van der Waals surface area contributed by atoms with E-state index < -0.39 is 5.97 Å². The zero-order chi connectivity index (χ0) is 10.4. The van der Waals surface area contributed by atoms with Gasteiger partial charge in [0.1, 0.15) is 12.1 Å². The van der Waals surface area contributed by atoms with E-state index in [4.69, 9.17) is 5.11 Å². The largest absolute Gasteiger partial charge is 0.481 e. The molecule has 76 valence electrons. The Labute approximate surface area is 89.7 Å². The molecule has 2 N–H and O–H groups in total. The molecule has 0 aromatic carbocycles. The molecule has 0 aliphatic rings. The van der Waals surface area contributed by atoms with Gasteiger partial charge in [0.2, 0.25) is 0 Å². The van der Waals surface area contributed by atoms with Gasteiger partial charge in [-0.3, -0.25) is 4.79 Å². The van der Waals surface area contributed by atoms with Crippen molar-refractivity contribution in [1.29, 1.82) is 0 Å². The van der Waals surface area contributed by atoms with Crippen molar-refractivity contribution in [2.45, 2.75) is 12.8 Å². The van der Waals surface area contributed by atoms with Crippen LogP contribution < -0.4 is 5.32 Å². The van der Waals surface area contributed by atoms with Gasteiger partial charge in [0.05, 0.1) is 4.47 Å². The maximum atomic E-state index is 10.2. The summed E-state index contributed by atoms with van der Waals surface area (Å²) >= 11 is 3.27. The first-order valence-corrected chi connectivity index (χ1v) is 4.90. The molecule has 0 bridgehead atoms. The number of anilines is 1. The van der Waals surface area contributed by atoms with Gasteiger partial charge in [-0.2, -0.15) is 0 Å². The fourth-order valence-electron chi connectivity index (χ4n) is 0.889. The zero-order valence-electron chi connectivity index (χ0n) is 7.40. The van der Waals surface area contributed by atoms with Crippen molar-refractivity contribution < 1.29 is 9.90 Å². The van der Waals surface area contributed by atoms with E-state index in [-0.39, 0.29) is 6.42 Å². The molecular weight excluding hydrogens is 250 g/mol. The predicted molar refractivity (Wildman–Crippen MR) is 55.1 cm³/mol. The van der Waals surface area contributed by atoms with Gasteiger partial charge in [-0.15, -0.1) is 0 Å². The summed E-state index contributed by atoms with van der Waals surface area (Å²) in [5.41, 5.74) is 0. The Bertz CT molecular complexity index is 319. The highest BCUT2D eigenvalue weighted by molar-refractivity contribution is 9.10. The van der Waals surface area contributed by atoms with Gasteiger partial charge in [0, 0.05) is 19.2 Å². The van der Waals surface area contributed by atoms with Gasteiger partial charge in [-0.25, -0.2) is 9.97 Å². The van der Waals surface area contributed by atoms with Crippen LogP contribution in [0.5, 0.6) is 0 Å². The van der Waals surface area contributed by atoms with Gasteiger partial charge >= 0.3 is 5.97 Å². The van der Waals surface area contributed by atoms with Crippen LogP contribution in [0, 0.1) is 0 Å². The van der Waals surface area contributed by atoms with Gasteiger partial charge in [-0.1, -0.05) is 0 Å². The van der Waals surface area contributed by atoms with E-state index in [2.05, 4.69) is 31.2 Å². The van der Waals surface area contributed by atoms with E-state index in [0.717, 1.165) is 4.47 Å². The first-order chi connectivity index (χ1) is 6.70. The lowest BCUT2D eigenvalue weighted by Crippen LogP contribution is -2.06. The summed E-state index contributed by atoms with van der Waals surface area (Å²) in [6.45, 7) is 0.585. The lowest BCUT2D eigenvalue weighted by atomic mass is 10.3. The summed E-state index contributed by atoms with van der Waals surface area (Å²) in [7, 11) is 0. The van der Waals surface area contributed by atoms with E-state index in [9.17, 15) is 4.79 Å². The van der Waals surface area contributed by atoms with Crippen LogP contribution in [0.25, 0.3) is 0 Å². The first-order valence-electron chi connectivity index (χ1n) is 4.11. The van der Waals surface area contributed by atoms with Gasteiger partial charge in [-0.05, 0) is 22.4 Å². The number of rotatable bonds is 5. The van der Waals surface area contributed by atoms with Crippen LogP contribution in [0.2, 0.25) is 0 Å². The maximum Gasteiger partial charge on any atom is 0.303 e. The highest BCUT2D eigenvalue weighted by Gasteiger charge is 2.00. The molecule has 6 heteroatoms. The summed E-state index contributed by atoms with van der Waals surface area (Å²) in [6.07, 6.45) is 3.80. The highest BCUT2D eigenvalue weighted by Crippen LogP contribution is 2.16. The number of aliphatic carboxylic acids is 1. The molecule has 1 rings (SSSR count). The molecule has 0 radical (unpaired) electrons. The molecule has 0 aliphatic heterocycles. The maximum absolute atomic E-state index is 10.2. The van der Waals surface area contributed by atoms with Crippen LogP contribution >= 0.6 is 15.9 Å². The molecule has 0 saturated carbocycles. The Balaban J connectivity index is 2.31. The van der Waals surface area contributed by atoms with Crippen LogP contribution in [0.15, 0.2) is 17.0 Å². The Kier molecular flexibility index (Phi) is 4.31. The van der Waals surface area contributed by atoms with Crippen LogP contribution in [0.4, 0.5) is 5.82 Å². The number of carboxylic acids is 1. The first kappa shape index (κ1) is 10.9. The van der Waals surface area contributed by atoms with E-state index in [1.54, 1.807) is 6.20 Å². The highest BCUT2D eigenvalue weighted by atomic mass is 79.9. The molecule has 1 aromatic heterocycles. The molecule has 1 aromatic rings. The third-order valence-electron chi connectivity index (χ3n) is 1.53. The van der Waals surface area contributed by atoms with Crippen molar-refractivity contribution in [3.63, 3.8) is 0 Å². The standard InChI is InChI=1S/C8H10BrN3O2/c9-6-4-10-5-12-8(6)11-3-1-2-7(13)14/h4-5H,1-3H2,(H,13,14)(H,10,11,12). The summed E-state index contributed by atoms with van der Waals surface area (Å²) in [4.78, 5) is 18.0. The summed E-state index contributed by atoms with van der Waals surface area (Å²) < 4.78 is 0.773. The van der Waals surface area contributed by atoms with Crippen molar-refractivity contribution in [3.8, 4) is 0 Å². The number of hydrogen-bond acceptors (Lipinski definition) is 4. The van der Waals surface area contributed by atoms with Gasteiger partial charge in [0.15, 0.2) is 0 Å². The second-order valence-electron chi connectivity index (χ2n) is 2.64. The fourth-order valence-corrected chi connectivity index (χ4v) is 1.25. The number of halogens is 1. The Morgan fingerprint density at radius 1 is 1.64 bits per heavy atom. The molecule has 0 spiro atoms. The molecular formula is C8H10BrN3O2. The van der Waals surface area contributed by atoms with Crippen LogP contribution in [-0.2, 0) is 4.79 Å². The monoisotopic (exact) mass is 259 g/mol. The third-order valence-corrected chi connectivity index (χ3v) is 2.11. The van der Waals surface area contributed by atoms with E-state index in [1.807, 2.05) is 0 Å².